The normalized spacial score (nSPS) is 14.6. The molecule has 0 spiro atoms. The first-order chi connectivity index (χ1) is 13.7. The Kier molecular flexibility index (Phi) is 5.58. The van der Waals surface area contributed by atoms with Crippen molar-refractivity contribution in [1.82, 2.24) is 10.1 Å². The van der Waals surface area contributed by atoms with E-state index in [1.54, 1.807) is 24.3 Å². The van der Waals surface area contributed by atoms with Crippen LogP contribution < -0.4 is 10.6 Å². The third kappa shape index (κ3) is 4.34. The summed E-state index contributed by atoms with van der Waals surface area (Å²) in [6.07, 6.45) is 5.96. The smallest absolute Gasteiger partial charge is 0.323 e. The van der Waals surface area contributed by atoms with Gasteiger partial charge in [0, 0.05) is 17.2 Å². The lowest BCUT2D eigenvalue weighted by Crippen LogP contribution is -2.19. The fraction of sp³-hybridized carbons (Fsp3) is 0.286. The number of hydrogen-bond donors (Lipinski definition) is 2. The molecule has 0 radical (unpaired) electrons. The Morgan fingerprint density at radius 3 is 2.50 bits per heavy atom. The predicted octanol–water partition coefficient (Wildman–Crippen LogP) is 6.08. The highest BCUT2D eigenvalue weighted by Crippen LogP contribution is 2.32. The van der Waals surface area contributed by atoms with E-state index >= 15 is 0 Å². The topological polar surface area (TPSA) is 80.1 Å². The maximum atomic E-state index is 12.1. The van der Waals surface area contributed by atoms with Gasteiger partial charge in [0.15, 0.2) is 0 Å². The van der Waals surface area contributed by atoms with Crippen LogP contribution in [0, 0.1) is 0 Å². The molecule has 0 atom stereocenters. The van der Waals surface area contributed by atoms with Crippen molar-refractivity contribution < 1.29 is 9.32 Å². The second kappa shape index (κ2) is 8.44. The van der Waals surface area contributed by atoms with Crippen molar-refractivity contribution in [2.75, 3.05) is 10.6 Å². The van der Waals surface area contributed by atoms with Crippen LogP contribution in [0.4, 0.5) is 16.2 Å². The van der Waals surface area contributed by atoms with E-state index in [4.69, 9.17) is 16.1 Å². The average molecular weight is 397 g/mol. The second-order valence-electron chi connectivity index (χ2n) is 6.93. The first kappa shape index (κ1) is 18.5. The average Bonchev–Trinajstić information content (AvgIpc) is 3.21. The van der Waals surface area contributed by atoms with Crippen molar-refractivity contribution in [2.24, 2.45) is 0 Å². The molecule has 0 bridgehead atoms. The van der Waals surface area contributed by atoms with Gasteiger partial charge in [-0.05, 0) is 49.2 Å². The Balaban J connectivity index is 1.39. The first-order valence-corrected chi connectivity index (χ1v) is 9.83. The molecule has 2 aromatic carbocycles. The standard InChI is InChI=1S/C21H21ClN4O2/c22-17-8-4-5-9-18(17)24-21(27)23-16-12-10-14(11-13-16)19-25-20(28-26-19)15-6-2-1-3-7-15/h4-5,8-13,15H,1-3,6-7H2,(H2,23,24,27). The summed E-state index contributed by atoms with van der Waals surface area (Å²) in [5.74, 6) is 1.69. The zero-order valence-corrected chi connectivity index (χ0v) is 16.1. The maximum Gasteiger partial charge on any atom is 0.323 e. The van der Waals surface area contributed by atoms with Crippen LogP contribution in [-0.2, 0) is 0 Å². The van der Waals surface area contributed by atoms with Gasteiger partial charge in [0.05, 0.1) is 10.7 Å². The zero-order chi connectivity index (χ0) is 19.3. The molecule has 2 amide bonds. The van der Waals surface area contributed by atoms with Gasteiger partial charge in [0.2, 0.25) is 11.7 Å². The van der Waals surface area contributed by atoms with Gasteiger partial charge in [-0.1, -0.05) is 48.2 Å². The molecule has 1 fully saturated rings. The van der Waals surface area contributed by atoms with Crippen LogP contribution in [0.25, 0.3) is 11.4 Å². The number of nitrogens with one attached hydrogen (secondary N) is 2. The monoisotopic (exact) mass is 396 g/mol. The largest absolute Gasteiger partial charge is 0.339 e. The van der Waals surface area contributed by atoms with E-state index in [1.807, 2.05) is 24.3 Å². The lowest BCUT2D eigenvalue weighted by molar-refractivity contribution is 0.262. The number of halogens is 1. The van der Waals surface area contributed by atoms with Crippen LogP contribution >= 0.6 is 11.6 Å². The number of carbonyl (C=O) groups excluding carboxylic acids is 1. The molecular formula is C21H21ClN4O2. The van der Waals surface area contributed by atoms with Gasteiger partial charge in [0.25, 0.3) is 0 Å². The molecule has 0 unspecified atom stereocenters. The molecule has 4 rings (SSSR count). The summed E-state index contributed by atoms with van der Waals surface area (Å²) in [7, 11) is 0. The minimum atomic E-state index is -0.361. The molecule has 0 aliphatic heterocycles. The van der Waals surface area contributed by atoms with E-state index in [0.29, 0.717) is 28.1 Å². The van der Waals surface area contributed by atoms with Crippen LogP contribution in [0.3, 0.4) is 0 Å². The van der Waals surface area contributed by atoms with Crippen LogP contribution in [0.15, 0.2) is 53.1 Å². The molecule has 2 N–H and O–H groups in total. The van der Waals surface area contributed by atoms with E-state index in [2.05, 4.69) is 20.8 Å². The van der Waals surface area contributed by atoms with Gasteiger partial charge >= 0.3 is 6.03 Å². The number of benzene rings is 2. The Morgan fingerprint density at radius 1 is 1.00 bits per heavy atom. The molecule has 1 aliphatic rings. The third-order valence-electron chi connectivity index (χ3n) is 4.92. The van der Waals surface area contributed by atoms with Crippen LogP contribution in [0.2, 0.25) is 5.02 Å². The number of urea groups is 1. The van der Waals surface area contributed by atoms with Crippen molar-refractivity contribution in [3.05, 3.63) is 59.4 Å². The number of aromatic nitrogens is 2. The Bertz CT molecular complexity index is 949. The minimum Gasteiger partial charge on any atom is -0.339 e. The van der Waals surface area contributed by atoms with Gasteiger partial charge in [0.1, 0.15) is 0 Å². The van der Waals surface area contributed by atoms with E-state index < -0.39 is 0 Å². The van der Waals surface area contributed by atoms with Gasteiger partial charge < -0.3 is 15.2 Å². The highest BCUT2D eigenvalue weighted by molar-refractivity contribution is 6.33. The second-order valence-corrected chi connectivity index (χ2v) is 7.33. The van der Waals surface area contributed by atoms with Crippen molar-refractivity contribution in [3.8, 4) is 11.4 Å². The van der Waals surface area contributed by atoms with Crippen molar-refractivity contribution in [3.63, 3.8) is 0 Å². The molecule has 1 aliphatic carbocycles. The van der Waals surface area contributed by atoms with Crippen molar-refractivity contribution in [1.29, 1.82) is 0 Å². The first-order valence-electron chi connectivity index (χ1n) is 9.45. The summed E-state index contributed by atoms with van der Waals surface area (Å²) in [6, 6.07) is 14.0. The van der Waals surface area contributed by atoms with Gasteiger partial charge in [-0.15, -0.1) is 0 Å². The molecule has 0 saturated heterocycles. The quantitative estimate of drug-likeness (QED) is 0.559. The number of carbonyl (C=O) groups is 1. The molecule has 1 saturated carbocycles. The summed E-state index contributed by atoms with van der Waals surface area (Å²) in [4.78, 5) is 16.7. The number of rotatable bonds is 4. The zero-order valence-electron chi connectivity index (χ0n) is 15.3. The fourth-order valence-electron chi connectivity index (χ4n) is 3.42. The van der Waals surface area contributed by atoms with E-state index in [-0.39, 0.29) is 6.03 Å². The molecule has 28 heavy (non-hydrogen) atoms. The molecule has 7 heteroatoms. The third-order valence-corrected chi connectivity index (χ3v) is 5.25. The van der Waals surface area contributed by atoms with Crippen molar-refractivity contribution >= 4 is 29.0 Å². The summed E-state index contributed by atoms with van der Waals surface area (Å²) in [6.45, 7) is 0. The van der Waals surface area contributed by atoms with Crippen LogP contribution in [0.1, 0.15) is 43.9 Å². The summed E-state index contributed by atoms with van der Waals surface area (Å²) in [5, 5.41) is 10.1. The minimum absolute atomic E-state index is 0.361. The summed E-state index contributed by atoms with van der Waals surface area (Å²) < 4.78 is 5.48. The van der Waals surface area contributed by atoms with Gasteiger partial charge in [-0.25, -0.2) is 4.79 Å². The van der Waals surface area contributed by atoms with Crippen LogP contribution in [0.5, 0.6) is 0 Å². The van der Waals surface area contributed by atoms with Gasteiger partial charge in [-0.2, -0.15) is 4.98 Å². The Morgan fingerprint density at radius 2 is 1.75 bits per heavy atom. The maximum absolute atomic E-state index is 12.1. The van der Waals surface area contributed by atoms with E-state index in [0.717, 1.165) is 24.3 Å². The highest BCUT2D eigenvalue weighted by Gasteiger charge is 2.21. The molecule has 144 valence electrons. The molecule has 3 aromatic rings. The summed E-state index contributed by atoms with van der Waals surface area (Å²) in [5.41, 5.74) is 2.06. The number of anilines is 2. The van der Waals surface area contributed by atoms with Crippen LogP contribution in [-0.4, -0.2) is 16.2 Å². The number of hydrogen-bond acceptors (Lipinski definition) is 4. The molecular weight excluding hydrogens is 376 g/mol. The highest BCUT2D eigenvalue weighted by atomic mass is 35.5. The summed E-state index contributed by atoms with van der Waals surface area (Å²) >= 11 is 6.05. The Labute approximate surface area is 168 Å². The number of para-hydroxylation sites is 1. The van der Waals surface area contributed by atoms with Crippen molar-refractivity contribution in [2.45, 2.75) is 38.0 Å². The molecule has 1 heterocycles. The SMILES string of the molecule is O=C(Nc1ccc(-c2noc(C3CCCCC3)n2)cc1)Nc1ccccc1Cl. The van der Waals surface area contributed by atoms with E-state index in [9.17, 15) is 4.79 Å². The lowest BCUT2D eigenvalue weighted by Gasteiger charge is -2.17. The Hall–Kier alpha value is -2.86. The number of nitrogens with zero attached hydrogens (tertiary/aromatic N) is 2. The molecule has 1 aromatic heterocycles. The number of amides is 2. The predicted molar refractivity (Wildman–Crippen MR) is 110 cm³/mol. The lowest BCUT2D eigenvalue weighted by atomic mass is 9.89. The fourth-order valence-corrected chi connectivity index (χ4v) is 3.60. The van der Waals surface area contributed by atoms with E-state index in [1.165, 1.54) is 19.3 Å². The molecule has 6 nitrogen and oxygen atoms in total. The van der Waals surface area contributed by atoms with Gasteiger partial charge in [-0.3, -0.25) is 0 Å².